The summed E-state index contributed by atoms with van der Waals surface area (Å²) in [6.07, 6.45) is 3.63. The zero-order valence-corrected chi connectivity index (χ0v) is 18.8. The summed E-state index contributed by atoms with van der Waals surface area (Å²) < 4.78 is 12.9. The molecule has 0 bridgehead atoms. The Labute approximate surface area is 195 Å². The van der Waals surface area contributed by atoms with Gasteiger partial charge < -0.3 is 14.4 Å². The van der Waals surface area contributed by atoms with Gasteiger partial charge in [-0.15, -0.1) is 0 Å². The molecule has 0 amide bonds. The van der Waals surface area contributed by atoms with Gasteiger partial charge in [-0.2, -0.15) is 5.10 Å². The van der Waals surface area contributed by atoms with E-state index in [0.717, 1.165) is 21.7 Å². The molecule has 34 heavy (non-hydrogen) atoms. The van der Waals surface area contributed by atoms with Gasteiger partial charge in [-0.1, -0.05) is 18.2 Å². The zero-order valence-electron chi connectivity index (χ0n) is 18.8. The lowest BCUT2D eigenvalue weighted by atomic mass is 9.83. The Hall–Kier alpha value is -4.27. The van der Waals surface area contributed by atoms with Crippen LogP contribution in [-0.2, 0) is 11.8 Å². The Morgan fingerprint density at radius 3 is 2.62 bits per heavy atom. The molecular formula is C25H23N5O4. The number of hydrazone groups is 1. The number of nitrogens with zero attached hydrogens (tertiary/aromatic N) is 4. The molecule has 9 nitrogen and oxygen atoms in total. The molecule has 0 radical (unpaired) electrons. The number of nitrogens with one attached hydrogen (secondary N) is 1. The highest BCUT2D eigenvalue weighted by molar-refractivity contribution is 6.15. The average molecular weight is 457 g/mol. The topological polar surface area (TPSA) is 92.2 Å². The fraction of sp³-hybridized carbons (Fsp3) is 0.240. The maximum Gasteiger partial charge on any atom is 0.329 e. The highest BCUT2D eigenvalue weighted by Crippen LogP contribution is 2.46. The van der Waals surface area contributed by atoms with E-state index in [1.807, 2.05) is 77.5 Å². The van der Waals surface area contributed by atoms with E-state index >= 15 is 0 Å². The minimum Gasteiger partial charge on any atom is -0.494 e. The number of aromatic nitrogens is 2. The standard InChI is InChI=1S/C25H23N5O4/c1-3-33-18-11-9-16(10-12-18)29-15-25-19(13-14-34-25)30(17-7-5-4-6-8-17)27-21(25)20-22(29)26-24(32)28(2)23(20)31/h4-14,19H,3,15H2,1-2H3,(H,26,32). The van der Waals surface area contributed by atoms with Crippen molar-refractivity contribution in [3.05, 3.63) is 93.3 Å². The van der Waals surface area contributed by atoms with E-state index in [9.17, 15) is 9.59 Å². The molecule has 2 aromatic carbocycles. The van der Waals surface area contributed by atoms with Crippen molar-refractivity contribution in [3.8, 4) is 5.75 Å². The Morgan fingerprint density at radius 2 is 1.88 bits per heavy atom. The van der Waals surface area contributed by atoms with Gasteiger partial charge in [0, 0.05) is 12.7 Å². The molecule has 6 rings (SSSR count). The molecular weight excluding hydrogens is 434 g/mol. The number of hydrogen-bond donors (Lipinski definition) is 1. The van der Waals surface area contributed by atoms with Crippen molar-refractivity contribution in [2.75, 3.05) is 23.1 Å². The van der Waals surface area contributed by atoms with E-state index in [0.29, 0.717) is 30.2 Å². The number of ether oxygens (including phenoxy) is 2. The normalized spacial score (nSPS) is 22.1. The first-order valence-corrected chi connectivity index (χ1v) is 11.2. The maximum absolute atomic E-state index is 13.4. The monoisotopic (exact) mass is 457 g/mol. The molecule has 0 fully saturated rings. The molecule has 0 saturated heterocycles. The molecule has 0 saturated carbocycles. The van der Waals surface area contributed by atoms with Crippen molar-refractivity contribution < 1.29 is 9.47 Å². The zero-order chi connectivity index (χ0) is 23.4. The molecule has 2 atom stereocenters. The van der Waals surface area contributed by atoms with Crippen molar-refractivity contribution in [1.82, 2.24) is 9.55 Å². The van der Waals surface area contributed by atoms with Gasteiger partial charge in [-0.05, 0) is 49.4 Å². The van der Waals surface area contributed by atoms with Crippen LogP contribution in [0.4, 0.5) is 17.2 Å². The molecule has 1 N–H and O–H groups in total. The van der Waals surface area contributed by atoms with E-state index < -0.39 is 16.9 Å². The lowest BCUT2D eigenvalue weighted by Gasteiger charge is -2.41. The number of rotatable bonds is 4. The van der Waals surface area contributed by atoms with Gasteiger partial charge in [0.25, 0.3) is 5.56 Å². The first-order valence-electron chi connectivity index (χ1n) is 11.2. The van der Waals surface area contributed by atoms with Crippen LogP contribution in [0.25, 0.3) is 0 Å². The molecule has 4 heterocycles. The van der Waals surface area contributed by atoms with Crippen molar-refractivity contribution in [2.24, 2.45) is 12.1 Å². The molecule has 3 aromatic rings. The highest BCUT2D eigenvalue weighted by Gasteiger charge is 2.60. The van der Waals surface area contributed by atoms with Crippen LogP contribution in [0.2, 0.25) is 0 Å². The molecule has 9 heteroatoms. The fourth-order valence-electron chi connectivity index (χ4n) is 4.90. The lowest BCUT2D eigenvalue weighted by molar-refractivity contribution is 0.112. The van der Waals surface area contributed by atoms with Gasteiger partial charge in [-0.25, -0.2) is 4.79 Å². The van der Waals surface area contributed by atoms with Gasteiger partial charge in [0.15, 0.2) is 5.60 Å². The van der Waals surface area contributed by atoms with E-state index in [2.05, 4.69) is 4.98 Å². The Kier molecular flexibility index (Phi) is 4.41. The third-order valence-electron chi connectivity index (χ3n) is 6.55. The second-order valence-corrected chi connectivity index (χ2v) is 8.44. The van der Waals surface area contributed by atoms with E-state index in [4.69, 9.17) is 14.6 Å². The van der Waals surface area contributed by atoms with Crippen molar-refractivity contribution in [2.45, 2.75) is 18.6 Å². The van der Waals surface area contributed by atoms with Crippen LogP contribution in [0.1, 0.15) is 12.5 Å². The maximum atomic E-state index is 13.4. The number of aromatic amines is 1. The summed E-state index contributed by atoms with van der Waals surface area (Å²) in [5.74, 6) is 1.15. The van der Waals surface area contributed by atoms with Gasteiger partial charge in [-0.3, -0.25) is 19.4 Å². The second-order valence-electron chi connectivity index (χ2n) is 8.44. The van der Waals surface area contributed by atoms with Gasteiger partial charge in [0.1, 0.15) is 28.9 Å². The first-order chi connectivity index (χ1) is 16.5. The number of benzene rings is 2. The van der Waals surface area contributed by atoms with Gasteiger partial charge >= 0.3 is 5.69 Å². The molecule has 3 aliphatic heterocycles. The average Bonchev–Trinajstić information content (AvgIpc) is 3.40. The largest absolute Gasteiger partial charge is 0.494 e. The minimum absolute atomic E-state index is 0.250. The summed E-state index contributed by atoms with van der Waals surface area (Å²) in [6.45, 7) is 2.85. The van der Waals surface area contributed by atoms with Crippen LogP contribution in [-0.4, -0.2) is 40.1 Å². The number of hydrogen-bond acceptors (Lipinski definition) is 7. The van der Waals surface area contributed by atoms with Gasteiger partial charge in [0.2, 0.25) is 0 Å². The number of fused-ring (bicyclic) bond motifs is 2. The number of H-pyrrole nitrogens is 1. The minimum atomic E-state index is -0.911. The Bertz CT molecular complexity index is 1440. The molecule has 172 valence electrons. The predicted molar refractivity (Wildman–Crippen MR) is 129 cm³/mol. The summed E-state index contributed by atoms with van der Waals surface area (Å²) in [5, 5.41) is 6.77. The summed E-state index contributed by atoms with van der Waals surface area (Å²) in [5.41, 5.74) is 0.711. The van der Waals surface area contributed by atoms with Crippen LogP contribution in [0, 0.1) is 0 Å². The fourth-order valence-corrected chi connectivity index (χ4v) is 4.90. The second kappa shape index (κ2) is 7.38. The quantitative estimate of drug-likeness (QED) is 0.647. The molecule has 3 aliphatic rings. The number of para-hydroxylation sites is 1. The van der Waals surface area contributed by atoms with Gasteiger partial charge in [0.05, 0.1) is 25.1 Å². The predicted octanol–water partition coefficient (Wildman–Crippen LogP) is 2.50. The van der Waals surface area contributed by atoms with Crippen molar-refractivity contribution in [3.63, 3.8) is 0 Å². The lowest BCUT2D eigenvalue weighted by Crippen LogP contribution is -2.60. The highest BCUT2D eigenvalue weighted by atomic mass is 16.5. The number of anilines is 3. The van der Waals surface area contributed by atoms with Crippen LogP contribution in [0.5, 0.6) is 5.75 Å². The molecule has 2 unspecified atom stereocenters. The molecule has 0 aliphatic carbocycles. The smallest absolute Gasteiger partial charge is 0.329 e. The van der Waals surface area contributed by atoms with E-state index in [1.54, 1.807) is 6.26 Å². The molecule has 1 spiro atoms. The summed E-state index contributed by atoms with van der Waals surface area (Å²) in [4.78, 5) is 30.9. The summed E-state index contributed by atoms with van der Waals surface area (Å²) in [7, 11) is 1.46. The Balaban J connectivity index is 1.56. The third kappa shape index (κ3) is 2.76. The SMILES string of the molecule is CCOc1ccc(N2CC34OC=CC3N(c3ccccc3)N=C4c3c2[nH]c(=O)n(C)c3=O)cc1. The van der Waals surface area contributed by atoms with Crippen LogP contribution < -0.4 is 25.9 Å². The summed E-state index contributed by atoms with van der Waals surface area (Å²) >= 11 is 0. The van der Waals surface area contributed by atoms with Crippen molar-refractivity contribution in [1.29, 1.82) is 0 Å². The third-order valence-corrected chi connectivity index (χ3v) is 6.55. The first kappa shape index (κ1) is 20.3. The van der Waals surface area contributed by atoms with E-state index in [1.165, 1.54) is 7.05 Å². The van der Waals surface area contributed by atoms with Crippen LogP contribution in [0.15, 0.2) is 81.6 Å². The van der Waals surface area contributed by atoms with Crippen LogP contribution >= 0.6 is 0 Å². The molecule has 1 aromatic heterocycles. The van der Waals surface area contributed by atoms with Crippen molar-refractivity contribution >= 4 is 22.9 Å². The van der Waals surface area contributed by atoms with Crippen LogP contribution in [0.3, 0.4) is 0 Å². The summed E-state index contributed by atoms with van der Waals surface area (Å²) in [6, 6.07) is 17.1. The Morgan fingerprint density at radius 1 is 1.12 bits per heavy atom. The van der Waals surface area contributed by atoms with E-state index in [-0.39, 0.29) is 6.04 Å².